The Morgan fingerprint density at radius 1 is 0.789 bits per heavy atom. The molecule has 0 spiro atoms. The summed E-state index contributed by atoms with van der Waals surface area (Å²) in [7, 11) is 0. The van der Waals surface area contributed by atoms with Crippen LogP contribution in [-0.2, 0) is 29.1 Å². The van der Waals surface area contributed by atoms with Crippen LogP contribution in [0.1, 0.15) is 13.8 Å². The van der Waals surface area contributed by atoms with Gasteiger partial charge in [0.05, 0.1) is 11.9 Å². The maximum atomic E-state index is 10.2. The summed E-state index contributed by atoms with van der Waals surface area (Å²) < 4.78 is 0. The van der Waals surface area contributed by atoms with Crippen LogP contribution in [0.4, 0.5) is 0 Å². The number of aliphatic carboxylic acids is 2. The van der Waals surface area contributed by atoms with Gasteiger partial charge in [0, 0.05) is 24.9 Å². The zero-order valence-corrected chi connectivity index (χ0v) is 13.4. The third-order valence-corrected chi connectivity index (χ3v) is 2.21. The van der Waals surface area contributed by atoms with Gasteiger partial charge in [0.25, 0.3) is 0 Å². The molecule has 0 aromatic carbocycles. The van der Waals surface area contributed by atoms with Crippen molar-refractivity contribution in [3.63, 3.8) is 0 Å². The molecular weight excluding hydrogens is 306 g/mol. The van der Waals surface area contributed by atoms with Crippen molar-refractivity contribution < 1.29 is 39.3 Å². The zero-order chi connectivity index (χ0) is 13.8. The van der Waals surface area contributed by atoms with Crippen LogP contribution in [-0.4, -0.2) is 48.1 Å². The van der Waals surface area contributed by atoms with Crippen molar-refractivity contribution in [1.29, 1.82) is 0 Å². The molecule has 2 rings (SSSR count). The number of carbonyl (C=O) groups excluding carboxylic acids is 2. The van der Waals surface area contributed by atoms with E-state index >= 15 is 0 Å². The predicted octanol–water partition coefficient (Wildman–Crippen LogP) is -2.79. The molecule has 8 nitrogen and oxygen atoms in total. The molecule has 0 atom stereocenters. The van der Waals surface area contributed by atoms with Gasteiger partial charge in [-0.2, -0.15) is 0 Å². The number of carboxylic acids is 2. The summed E-state index contributed by atoms with van der Waals surface area (Å²) in [4.78, 5) is 34.6. The molecule has 0 radical (unpaired) electrons. The Hall–Kier alpha value is -1.76. The first-order chi connectivity index (χ1) is 8.30. The van der Waals surface area contributed by atoms with E-state index in [2.05, 4.69) is 20.0 Å². The van der Waals surface area contributed by atoms with Crippen molar-refractivity contribution >= 4 is 36.8 Å². The zero-order valence-electron chi connectivity index (χ0n) is 10.4. The molecule has 0 bridgehead atoms. The van der Waals surface area contributed by atoms with Crippen LogP contribution in [0, 0.1) is 0 Å². The first-order valence-electron chi connectivity index (χ1n) is 4.91. The van der Waals surface area contributed by atoms with Gasteiger partial charge in [0.1, 0.15) is 0 Å². The molecule has 0 N–H and O–H groups in total. The summed E-state index contributed by atoms with van der Waals surface area (Å²) in [5.74, 6) is -2.54. The van der Waals surface area contributed by atoms with Gasteiger partial charge in [-0.3, -0.25) is 20.0 Å². The number of hydrogen-bond acceptors (Lipinski definition) is 8. The summed E-state index contributed by atoms with van der Waals surface area (Å²) in [6.07, 6.45) is 5.37. The molecule has 2 heterocycles. The van der Waals surface area contributed by atoms with E-state index in [9.17, 15) is 19.8 Å². The molecule has 0 saturated heterocycles. The second kappa shape index (κ2) is 6.42. The molecule has 0 aliphatic carbocycles. The molecule has 2 aliphatic rings. The number of carbonyl (C=O) groups is 2. The first-order valence-corrected chi connectivity index (χ1v) is 4.91. The maximum Gasteiger partial charge on any atom is 2.00 e. The van der Waals surface area contributed by atoms with E-state index in [1.807, 2.05) is 0 Å². The quantitative estimate of drug-likeness (QED) is 0.510. The van der Waals surface area contributed by atoms with Crippen molar-refractivity contribution in [3.8, 4) is 0 Å². The van der Waals surface area contributed by atoms with E-state index in [-0.39, 0.29) is 19.5 Å². The van der Waals surface area contributed by atoms with Crippen LogP contribution in [0.3, 0.4) is 0 Å². The van der Waals surface area contributed by atoms with Crippen LogP contribution in [0.25, 0.3) is 0 Å². The Balaban J connectivity index is 0.000000324. The standard InChI is InChI=1S/2C5H6N2O2.Zn/c2*1-5(4(8)9)6-2-3-7-5;/h2*2-3H,1H3,(H,8,9);/q;;+2/p-2. The van der Waals surface area contributed by atoms with Gasteiger partial charge in [-0.15, -0.1) is 0 Å². The third-order valence-electron chi connectivity index (χ3n) is 2.21. The summed E-state index contributed by atoms with van der Waals surface area (Å²) >= 11 is 0. The second-order valence-corrected chi connectivity index (χ2v) is 3.73. The Morgan fingerprint density at radius 2 is 1.00 bits per heavy atom. The normalized spacial score (nSPS) is 19.5. The maximum absolute atomic E-state index is 10.2. The Kier molecular flexibility index (Phi) is 5.83. The van der Waals surface area contributed by atoms with Crippen molar-refractivity contribution in [1.82, 2.24) is 0 Å². The van der Waals surface area contributed by atoms with Gasteiger partial charge in [-0.1, -0.05) is 0 Å². The fourth-order valence-electron chi connectivity index (χ4n) is 0.991. The minimum Gasteiger partial charge on any atom is -0.545 e. The minimum atomic E-state index is -1.36. The Bertz CT molecular complexity index is 416. The predicted molar refractivity (Wildman–Crippen MR) is 60.8 cm³/mol. The van der Waals surface area contributed by atoms with Crippen molar-refractivity contribution in [2.45, 2.75) is 25.2 Å². The largest absolute Gasteiger partial charge is 2.00 e. The van der Waals surface area contributed by atoms with E-state index in [4.69, 9.17) is 0 Å². The van der Waals surface area contributed by atoms with Crippen molar-refractivity contribution in [2.75, 3.05) is 0 Å². The molecular formula is C10H10N4O4Zn. The number of carboxylic acid groups (broad SMARTS) is 2. The van der Waals surface area contributed by atoms with E-state index in [1.54, 1.807) is 0 Å². The Labute approximate surface area is 121 Å². The van der Waals surface area contributed by atoms with Gasteiger partial charge >= 0.3 is 19.5 Å². The average molecular weight is 316 g/mol. The van der Waals surface area contributed by atoms with Gasteiger partial charge in [-0.05, 0) is 13.8 Å². The van der Waals surface area contributed by atoms with Crippen LogP contribution in [0.5, 0.6) is 0 Å². The van der Waals surface area contributed by atoms with Crippen LogP contribution < -0.4 is 10.2 Å². The molecule has 2 aliphatic heterocycles. The number of aliphatic imine (C=N–C) groups is 4. The average Bonchev–Trinajstić information content (AvgIpc) is 2.90. The molecule has 0 amide bonds. The molecule has 0 saturated carbocycles. The molecule has 0 aromatic heterocycles. The second-order valence-electron chi connectivity index (χ2n) is 3.73. The van der Waals surface area contributed by atoms with Crippen LogP contribution in [0.2, 0.25) is 0 Å². The number of hydrogen-bond donors (Lipinski definition) is 0. The summed E-state index contributed by atoms with van der Waals surface area (Å²) in [5, 5.41) is 20.4. The molecule has 0 unspecified atom stereocenters. The van der Waals surface area contributed by atoms with E-state index in [0.29, 0.717) is 0 Å². The molecule has 19 heavy (non-hydrogen) atoms. The van der Waals surface area contributed by atoms with E-state index in [0.717, 1.165) is 0 Å². The molecule has 9 heteroatoms. The number of nitrogens with zero attached hydrogens (tertiary/aromatic N) is 4. The van der Waals surface area contributed by atoms with Crippen molar-refractivity contribution in [2.24, 2.45) is 20.0 Å². The molecule has 0 aromatic rings. The smallest absolute Gasteiger partial charge is 0.545 e. The summed E-state index contributed by atoms with van der Waals surface area (Å²) in [6.45, 7) is 2.75. The van der Waals surface area contributed by atoms with Gasteiger partial charge in [0.2, 0.25) is 0 Å². The monoisotopic (exact) mass is 314 g/mol. The van der Waals surface area contributed by atoms with Gasteiger partial charge < -0.3 is 19.8 Å². The third kappa shape index (κ3) is 4.13. The molecule has 0 fully saturated rings. The van der Waals surface area contributed by atoms with Crippen LogP contribution >= 0.6 is 0 Å². The Morgan fingerprint density at radius 3 is 1.11 bits per heavy atom. The SMILES string of the molecule is CC1(C(=O)[O-])N=CC=N1.CC1(C(=O)[O-])N=CC=N1.[Zn+2]. The van der Waals surface area contributed by atoms with Gasteiger partial charge in [0.15, 0.2) is 11.3 Å². The fourth-order valence-corrected chi connectivity index (χ4v) is 0.991. The summed E-state index contributed by atoms with van der Waals surface area (Å²) in [5.41, 5.74) is -2.72. The fraction of sp³-hybridized carbons (Fsp3) is 0.400. The minimum absolute atomic E-state index is 0. The number of rotatable bonds is 2. The van der Waals surface area contributed by atoms with Crippen molar-refractivity contribution in [3.05, 3.63) is 0 Å². The van der Waals surface area contributed by atoms with E-state index < -0.39 is 23.3 Å². The molecule has 96 valence electrons. The van der Waals surface area contributed by atoms with E-state index in [1.165, 1.54) is 38.7 Å². The summed E-state index contributed by atoms with van der Waals surface area (Å²) in [6, 6.07) is 0. The topological polar surface area (TPSA) is 130 Å². The first kappa shape index (κ1) is 17.2. The van der Waals surface area contributed by atoms with Crippen LogP contribution in [0.15, 0.2) is 20.0 Å². The van der Waals surface area contributed by atoms with Gasteiger partial charge in [-0.25, -0.2) is 0 Å².